The van der Waals surface area contributed by atoms with Gasteiger partial charge >= 0.3 is 0 Å². The van der Waals surface area contributed by atoms with Crippen LogP contribution in [0.1, 0.15) is 18.2 Å². The molecular formula is C18H20BrClN6. The highest BCUT2D eigenvalue weighted by Gasteiger charge is 2.03. The third-order valence-electron chi connectivity index (χ3n) is 3.70. The molecule has 26 heavy (non-hydrogen) atoms. The van der Waals surface area contributed by atoms with Crippen molar-refractivity contribution in [2.45, 2.75) is 19.9 Å². The van der Waals surface area contributed by atoms with Gasteiger partial charge < -0.3 is 15.0 Å². The van der Waals surface area contributed by atoms with E-state index in [2.05, 4.69) is 41.5 Å². The van der Waals surface area contributed by atoms with Gasteiger partial charge in [0.2, 0.25) is 0 Å². The van der Waals surface area contributed by atoms with Crippen LogP contribution < -0.4 is 10.6 Å². The fourth-order valence-electron chi connectivity index (χ4n) is 2.47. The molecule has 2 N–H and O–H groups in total. The minimum absolute atomic E-state index is 0.510. The summed E-state index contributed by atoms with van der Waals surface area (Å²) in [5.74, 6) is 0.771. The van der Waals surface area contributed by atoms with Gasteiger partial charge in [-0.15, -0.1) is 0 Å². The first kappa shape index (κ1) is 18.7. The number of imidazole rings is 1. The molecule has 0 amide bonds. The van der Waals surface area contributed by atoms with Crippen molar-refractivity contribution in [1.82, 2.24) is 25.0 Å². The highest BCUT2D eigenvalue weighted by molar-refractivity contribution is 9.10. The van der Waals surface area contributed by atoms with Gasteiger partial charge in [0.25, 0.3) is 0 Å². The summed E-state index contributed by atoms with van der Waals surface area (Å²) in [5.41, 5.74) is 2.96. The fourth-order valence-corrected chi connectivity index (χ4v) is 2.94. The Hall–Kier alpha value is -2.12. The highest BCUT2D eigenvalue weighted by atomic mass is 79.9. The van der Waals surface area contributed by atoms with Crippen molar-refractivity contribution in [3.8, 4) is 0 Å². The van der Waals surface area contributed by atoms with Crippen LogP contribution in [0.2, 0.25) is 5.15 Å². The SMILES string of the molecule is CCNC(=NCc1cn2cc(Br)ccc2n1)NCCc1ccc(Cl)nc1. The van der Waals surface area contributed by atoms with E-state index in [0.717, 1.165) is 46.8 Å². The molecule has 3 aromatic heterocycles. The lowest BCUT2D eigenvalue weighted by molar-refractivity contribution is 0.796. The number of pyridine rings is 2. The van der Waals surface area contributed by atoms with Crippen LogP contribution in [-0.2, 0) is 13.0 Å². The number of halogens is 2. The van der Waals surface area contributed by atoms with Gasteiger partial charge in [0.15, 0.2) is 5.96 Å². The molecule has 0 bridgehead atoms. The van der Waals surface area contributed by atoms with Crippen molar-refractivity contribution in [1.29, 1.82) is 0 Å². The molecule has 3 aromatic rings. The molecule has 0 aromatic carbocycles. The van der Waals surface area contributed by atoms with Crippen molar-refractivity contribution in [3.05, 3.63) is 63.7 Å². The summed E-state index contributed by atoms with van der Waals surface area (Å²) < 4.78 is 3.01. The van der Waals surface area contributed by atoms with Crippen LogP contribution in [0.4, 0.5) is 0 Å². The van der Waals surface area contributed by atoms with Gasteiger partial charge in [-0.1, -0.05) is 17.7 Å². The molecule has 0 radical (unpaired) electrons. The molecular weight excluding hydrogens is 416 g/mol. The Kier molecular flexibility index (Phi) is 6.46. The molecule has 0 aliphatic carbocycles. The van der Waals surface area contributed by atoms with Gasteiger partial charge in [-0.3, -0.25) is 0 Å². The third-order valence-corrected chi connectivity index (χ3v) is 4.40. The fraction of sp³-hybridized carbons (Fsp3) is 0.278. The smallest absolute Gasteiger partial charge is 0.191 e. The zero-order valence-electron chi connectivity index (χ0n) is 14.4. The van der Waals surface area contributed by atoms with E-state index in [0.29, 0.717) is 11.7 Å². The Balaban J connectivity index is 1.59. The summed E-state index contributed by atoms with van der Waals surface area (Å²) in [7, 11) is 0. The normalized spacial score (nSPS) is 11.7. The zero-order valence-corrected chi connectivity index (χ0v) is 16.8. The van der Waals surface area contributed by atoms with Crippen LogP contribution >= 0.6 is 27.5 Å². The molecule has 0 saturated heterocycles. The van der Waals surface area contributed by atoms with Crippen LogP contribution in [0.3, 0.4) is 0 Å². The van der Waals surface area contributed by atoms with Crippen LogP contribution in [-0.4, -0.2) is 33.4 Å². The maximum absolute atomic E-state index is 5.81. The molecule has 0 fully saturated rings. The molecule has 136 valence electrons. The van der Waals surface area contributed by atoms with Crippen molar-refractivity contribution in [2.24, 2.45) is 4.99 Å². The second-order valence-electron chi connectivity index (χ2n) is 5.71. The van der Waals surface area contributed by atoms with E-state index in [1.54, 1.807) is 12.3 Å². The van der Waals surface area contributed by atoms with E-state index in [4.69, 9.17) is 11.6 Å². The standard InChI is InChI=1S/C18H20BrClN6/c1-2-21-18(22-8-7-13-3-5-16(20)23-9-13)24-10-15-12-26-11-14(19)4-6-17(26)25-15/h3-6,9,11-12H,2,7-8,10H2,1H3,(H2,21,22,24). The second-order valence-corrected chi connectivity index (χ2v) is 7.01. The summed E-state index contributed by atoms with van der Waals surface area (Å²) >= 11 is 9.28. The largest absolute Gasteiger partial charge is 0.357 e. The Bertz CT molecular complexity index is 890. The number of hydrogen-bond acceptors (Lipinski definition) is 3. The molecule has 0 aliphatic heterocycles. The molecule has 0 atom stereocenters. The maximum atomic E-state index is 5.81. The van der Waals surface area contributed by atoms with Crippen molar-refractivity contribution in [3.63, 3.8) is 0 Å². The van der Waals surface area contributed by atoms with E-state index < -0.39 is 0 Å². The number of nitrogens with zero attached hydrogens (tertiary/aromatic N) is 4. The first-order valence-corrected chi connectivity index (χ1v) is 9.57. The molecule has 0 aliphatic rings. The summed E-state index contributed by atoms with van der Waals surface area (Å²) in [6, 6.07) is 7.74. The molecule has 0 spiro atoms. The summed E-state index contributed by atoms with van der Waals surface area (Å²) in [5, 5.41) is 7.09. The van der Waals surface area contributed by atoms with Crippen LogP contribution in [0.25, 0.3) is 5.65 Å². The Labute approximate surface area is 165 Å². The van der Waals surface area contributed by atoms with E-state index in [1.165, 1.54) is 0 Å². The van der Waals surface area contributed by atoms with Crippen LogP contribution in [0.5, 0.6) is 0 Å². The van der Waals surface area contributed by atoms with Gasteiger partial charge in [-0.05, 0) is 53.0 Å². The number of fused-ring (bicyclic) bond motifs is 1. The number of hydrogen-bond donors (Lipinski definition) is 2. The van der Waals surface area contributed by atoms with Crippen molar-refractivity contribution < 1.29 is 0 Å². The first-order chi connectivity index (χ1) is 12.6. The summed E-state index contributed by atoms with van der Waals surface area (Å²) in [6.07, 6.45) is 6.62. The molecule has 6 nitrogen and oxygen atoms in total. The first-order valence-electron chi connectivity index (χ1n) is 8.40. The Morgan fingerprint density at radius 2 is 2.12 bits per heavy atom. The number of guanidine groups is 1. The van der Waals surface area contributed by atoms with E-state index in [-0.39, 0.29) is 0 Å². The van der Waals surface area contributed by atoms with Crippen LogP contribution in [0, 0.1) is 0 Å². The number of aliphatic imine (C=N–C) groups is 1. The summed E-state index contributed by atoms with van der Waals surface area (Å²) in [6.45, 7) is 4.11. The number of aromatic nitrogens is 3. The van der Waals surface area contributed by atoms with Gasteiger partial charge in [0.05, 0.1) is 12.2 Å². The quantitative estimate of drug-likeness (QED) is 0.354. The minimum atomic E-state index is 0.510. The van der Waals surface area contributed by atoms with Crippen molar-refractivity contribution in [2.75, 3.05) is 13.1 Å². The topological polar surface area (TPSA) is 66.6 Å². The highest BCUT2D eigenvalue weighted by Crippen LogP contribution is 2.13. The molecule has 3 rings (SSSR count). The lowest BCUT2D eigenvalue weighted by atomic mass is 10.2. The van der Waals surface area contributed by atoms with Gasteiger partial charge in [-0.2, -0.15) is 0 Å². The van der Waals surface area contributed by atoms with Crippen LogP contribution in [0.15, 0.2) is 52.3 Å². The average molecular weight is 436 g/mol. The van der Waals surface area contributed by atoms with E-state index in [9.17, 15) is 0 Å². The Morgan fingerprint density at radius 3 is 2.88 bits per heavy atom. The van der Waals surface area contributed by atoms with E-state index >= 15 is 0 Å². The van der Waals surface area contributed by atoms with Gasteiger partial charge in [0.1, 0.15) is 10.8 Å². The molecule has 0 saturated carbocycles. The summed E-state index contributed by atoms with van der Waals surface area (Å²) in [4.78, 5) is 13.3. The number of rotatable bonds is 6. The maximum Gasteiger partial charge on any atom is 0.191 e. The van der Waals surface area contributed by atoms with E-state index in [1.807, 2.05) is 41.9 Å². The minimum Gasteiger partial charge on any atom is -0.357 e. The molecule has 3 heterocycles. The number of nitrogens with one attached hydrogen (secondary N) is 2. The Morgan fingerprint density at radius 1 is 1.23 bits per heavy atom. The lowest BCUT2D eigenvalue weighted by Gasteiger charge is -2.10. The molecule has 8 heteroatoms. The van der Waals surface area contributed by atoms with Crippen molar-refractivity contribution >= 4 is 39.1 Å². The monoisotopic (exact) mass is 434 g/mol. The second kappa shape index (κ2) is 9.00. The molecule has 0 unspecified atom stereocenters. The predicted molar refractivity (Wildman–Crippen MR) is 109 cm³/mol. The third kappa shape index (κ3) is 5.19. The predicted octanol–water partition coefficient (Wildman–Crippen LogP) is 3.44. The van der Waals surface area contributed by atoms with Gasteiger partial charge in [-0.25, -0.2) is 15.0 Å². The van der Waals surface area contributed by atoms with Gasteiger partial charge in [0, 0.05) is 36.2 Å². The zero-order chi connectivity index (χ0) is 18.4. The lowest BCUT2D eigenvalue weighted by Crippen LogP contribution is -2.38. The average Bonchev–Trinajstić information content (AvgIpc) is 3.03.